The number of piperidine rings is 1. The molecule has 1 aliphatic rings. The Labute approximate surface area is 149 Å². The van der Waals surface area contributed by atoms with Gasteiger partial charge in [0.05, 0.1) is 12.6 Å². The molecule has 5 nitrogen and oxygen atoms in total. The van der Waals surface area contributed by atoms with Gasteiger partial charge < -0.3 is 14.4 Å². The van der Waals surface area contributed by atoms with E-state index in [1.54, 1.807) is 17.9 Å². The second-order valence-electron chi connectivity index (χ2n) is 7.11. The third kappa shape index (κ3) is 5.62. The fourth-order valence-corrected chi connectivity index (χ4v) is 2.87. The minimum absolute atomic E-state index is 0.148. The Bertz CT molecular complexity index is 631. The van der Waals surface area contributed by atoms with E-state index in [-0.39, 0.29) is 18.1 Å². The molecule has 1 aromatic carbocycles. The average molecular weight is 345 g/mol. The highest BCUT2D eigenvalue weighted by atomic mass is 16.6. The van der Waals surface area contributed by atoms with Gasteiger partial charge in [-0.05, 0) is 46.1 Å². The van der Waals surface area contributed by atoms with E-state index >= 15 is 0 Å². The molecular weight excluding hydrogens is 318 g/mol. The zero-order valence-corrected chi connectivity index (χ0v) is 15.5. The first-order valence-corrected chi connectivity index (χ1v) is 8.71. The molecular formula is C20H27NO4. The first kappa shape index (κ1) is 19.0. The number of ether oxygens (including phenoxy) is 2. The summed E-state index contributed by atoms with van der Waals surface area (Å²) in [7, 11) is 0. The smallest absolute Gasteiger partial charge is 0.410 e. The van der Waals surface area contributed by atoms with Gasteiger partial charge >= 0.3 is 12.1 Å². The number of nitrogens with zero attached hydrogens (tertiary/aromatic N) is 1. The molecule has 5 heteroatoms. The Morgan fingerprint density at radius 2 is 1.92 bits per heavy atom. The van der Waals surface area contributed by atoms with Crippen LogP contribution in [0.1, 0.15) is 52.1 Å². The van der Waals surface area contributed by atoms with Gasteiger partial charge in [-0.15, -0.1) is 0 Å². The molecule has 1 aromatic rings. The molecule has 25 heavy (non-hydrogen) atoms. The summed E-state index contributed by atoms with van der Waals surface area (Å²) in [6.07, 6.45) is 2.48. The van der Waals surface area contributed by atoms with Crippen molar-refractivity contribution in [2.45, 2.75) is 52.2 Å². The van der Waals surface area contributed by atoms with Gasteiger partial charge in [-0.1, -0.05) is 35.9 Å². The number of carbonyl (C=O) groups is 2. The van der Waals surface area contributed by atoms with Crippen LogP contribution >= 0.6 is 0 Å². The van der Waals surface area contributed by atoms with Crippen molar-refractivity contribution < 1.29 is 19.1 Å². The third-order valence-corrected chi connectivity index (χ3v) is 3.93. The molecule has 2 rings (SSSR count). The standard InChI is InChI=1S/C20H27NO4/c1-5-24-18(22)14-15-11-12-21(19(23)25-20(2,3)4)17(13-15)16-9-7-6-8-10-16/h6-10,14,17H,5,11-13H2,1-4H3. The van der Waals surface area contributed by atoms with E-state index in [1.807, 2.05) is 51.1 Å². The van der Waals surface area contributed by atoms with Crippen molar-refractivity contribution in [3.05, 3.63) is 47.5 Å². The van der Waals surface area contributed by atoms with Crippen molar-refractivity contribution in [3.63, 3.8) is 0 Å². The molecule has 1 atom stereocenters. The lowest BCUT2D eigenvalue weighted by Crippen LogP contribution is -2.42. The third-order valence-electron chi connectivity index (χ3n) is 3.93. The van der Waals surface area contributed by atoms with Crippen LogP contribution in [0.3, 0.4) is 0 Å². The zero-order chi connectivity index (χ0) is 18.4. The van der Waals surface area contributed by atoms with Gasteiger partial charge in [0.25, 0.3) is 0 Å². The van der Waals surface area contributed by atoms with Crippen LogP contribution < -0.4 is 0 Å². The molecule has 0 radical (unpaired) electrons. The van der Waals surface area contributed by atoms with Crippen LogP contribution in [0.5, 0.6) is 0 Å². The van der Waals surface area contributed by atoms with E-state index in [0.717, 1.165) is 11.1 Å². The van der Waals surface area contributed by atoms with Crippen molar-refractivity contribution in [3.8, 4) is 0 Å². The van der Waals surface area contributed by atoms with Crippen molar-refractivity contribution in [2.75, 3.05) is 13.2 Å². The maximum Gasteiger partial charge on any atom is 0.410 e. The molecule has 1 aliphatic heterocycles. The Kier molecular flexibility index (Phi) is 6.23. The maximum atomic E-state index is 12.6. The Balaban J connectivity index is 2.23. The molecule has 0 N–H and O–H groups in total. The topological polar surface area (TPSA) is 55.8 Å². The molecule has 1 amide bonds. The van der Waals surface area contributed by atoms with Gasteiger partial charge in [0.1, 0.15) is 5.60 Å². The Hall–Kier alpha value is -2.30. The van der Waals surface area contributed by atoms with Gasteiger partial charge in [-0.25, -0.2) is 9.59 Å². The minimum Gasteiger partial charge on any atom is -0.463 e. The number of esters is 1. The average Bonchev–Trinajstić information content (AvgIpc) is 2.54. The quantitative estimate of drug-likeness (QED) is 0.607. The summed E-state index contributed by atoms with van der Waals surface area (Å²) in [4.78, 5) is 26.1. The number of likely N-dealkylation sites (tertiary alicyclic amines) is 1. The van der Waals surface area contributed by atoms with Crippen molar-refractivity contribution >= 4 is 12.1 Å². The lowest BCUT2D eigenvalue weighted by molar-refractivity contribution is -0.137. The first-order chi connectivity index (χ1) is 11.8. The summed E-state index contributed by atoms with van der Waals surface area (Å²) in [5.41, 5.74) is 1.48. The van der Waals surface area contributed by atoms with Crippen LogP contribution in [0, 0.1) is 0 Å². The molecule has 1 heterocycles. The van der Waals surface area contributed by atoms with Crippen molar-refractivity contribution in [1.29, 1.82) is 0 Å². The van der Waals surface area contributed by atoms with Gasteiger partial charge in [-0.2, -0.15) is 0 Å². The van der Waals surface area contributed by atoms with Crippen molar-refractivity contribution in [2.24, 2.45) is 0 Å². The van der Waals surface area contributed by atoms with Crippen molar-refractivity contribution in [1.82, 2.24) is 4.90 Å². The number of benzene rings is 1. The van der Waals surface area contributed by atoms with Crippen LogP contribution in [0.2, 0.25) is 0 Å². The van der Waals surface area contributed by atoms with E-state index in [1.165, 1.54) is 0 Å². The molecule has 0 aromatic heterocycles. The summed E-state index contributed by atoms with van der Waals surface area (Å²) >= 11 is 0. The number of hydrogen-bond acceptors (Lipinski definition) is 4. The normalized spacial score (nSPS) is 19.6. The van der Waals surface area contributed by atoms with Crippen LogP contribution in [0.25, 0.3) is 0 Å². The zero-order valence-electron chi connectivity index (χ0n) is 15.5. The summed E-state index contributed by atoms with van der Waals surface area (Å²) in [6.45, 7) is 8.23. The summed E-state index contributed by atoms with van der Waals surface area (Å²) in [6, 6.07) is 9.69. The van der Waals surface area contributed by atoms with Gasteiger partial charge in [0, 0.05) is 12.6 Å². The second-order valence-corrected chi connectivity index (χ2v) is 7.11. The number of amides is 1. The largest absolute Gasteiger partial charge is 0.463 e. The summed E-state index contributed by atoms with van der Waals surface area (Å²) < 4.78 is 10.6. The predicted molar refractivity (Wildman–Crippen MR) is 96.1 cm³/mol. The van der Waals surface area contributed by atoms with E-state index in [4.69, 9.17) is 9.47 Å². The number of hydrogen-bond donors (Lipinski definition) is 0. The number of carbonyl (C=O) groups excluding carboxylic acids is 2. The second kappa shape index (κ2) is 8.19. The highest BCUT2D eigenvalue weighted by molar-refractivity contribution is 5.83. The highest BCUT2D eigenvalue weighted by Gasteiger charge is 2.33. The molecule has 1 unspecified atom stereocenters. The Morgan fingerprint density at radius 1 is 1.24 bits per heavy atom. The van der Waals surface area contributed by atoms with E-state index in [0.29, 0.717) is 26.0 Å². The molecule has 0 saturated carbocycles. The highest BCUT2D eigenvalue weighted by Crippen LogP contribution is 2.34. The lowest BCUT2D eigenvalue weighted by Gasteiger charge is -2.38. The molecule has 0 spiro atoms. The van der Waals surface area contributed by atoms with Crippen LogP contribution in [-0.2, 0) is 14.3 Å². The van der Waals surface area contributed by atoms with Crippen LogP contribution in [0.4, 0.5) is 4.79 Å². The molecule has 1 fully saturated rings. The summed E-state index contributed by atoms with van der Waals surface area (Å²) in [5.74, 6) is -0.324. The fourth-order valence-electron chi connectivity index (χ4n) is 2.87. The van der Waals surface area contributed by atoms with Gasteiger partial charge in [-0.3, -0.25) is 0 Å². The lowest BCUT2D eigenvalue weighted by atomic mass is 9.91. The first-order valence-electron chi connectivity index (χ1n) is 8.71. The SMILES string of the molecule is CCOC(=O)C=C1CCN(C(=O)OC(C)(C)C)C(c2ccccc2)C1. The molecule has 136 valence electrons. The van der Waals surface area contributed by atoms with E-state index in [2.05, 4.69) is 0 Å². The van der Waals surface area contributed by atoms with Gasteiger partial charge in [0.2, 0.25) is 0 Å². The monoisotopic (exact) mass is 345 g/mol. The van der Waals surface area contributed by atoms with Crippen LogP contribution in [-0.4, -0.2) is 35.7 Å². The maximum absolute atomic E-state index is 12.6. The molecule has 1 saturated heterocycles. The summed E-state index contributed by atoms with van der Waals surface area (Å²) in [5, 5.41) is 0. The molecule has 0 aliphatic carbocycles. The predicted octanol–water partition coefficient (Wildman–Crippen LogP) is 4.25. The van der Waals surface area contributed by atoms with Gasteiger partial charge in [0.15, 0.2) is 0 Å². The number of rotatable bonds is 3. The van der Waals surface area contributed by atoms with E-state index < -0.39 is 5.60 Å². The minimum atomic E-state index is -0.542. The fraction of sp³-hybridized carbons (Fsp3) is 0.500. The Morgan fingerprint density at radius 3 is 2.52 bits per heavy atom. The van der Waals surface area contributed by atoms with Crippen LogP contribution in [0.15, 0.2) is 42.0 Å². The van der Waals surface area contributed by atoms with E-state index in [9.17, 15) is 9.59 Å². The molecule has 0 bridgehead atoms.